The maximum absolute atomic E-state index is 13.3. The first kappa shape index (κ1) is 23.9. The van der Waals surface area contributed by atoms with Crippen molar-refractivity contribution in [2.24, 2.45) is 0 Å². The molecule has 2 heterocycles. The smallest absolute Gasteiger partial charge is 0.237 e. The van der Waals surface area contributed by atoms with Gasteiger partial charge in [0.05, 0.1) is 13.2 Å². The van der Waals surface area contributed by atoms with E-state index in [-0.39, 0.29) is 11.7 Å². The molecule has 1 saturated heterocycles. The molecule has 1 aromatic heterocycles. The first-order chi connectivity index (χ1) is 16.7. The number of nitrogens with zero attached hydrogens (tertiary/aromatic N) is 3. The standard InChI is InChI=1S/C28H32FN3O2/c29-26-9-7-23(8-10-26)13-18-34-27-6-4-5-25(19-27)21-32(20-24-11-14-30-15-12-24)28(33)22-31-16-2-1-3-17-31/h4-12,14-15,19H,1-3,13,16-18,20-22H2. The minimum Gasteiger partial charge on any atom is -0.493 e. The van der Waals surface area contributed by atoms with Crippen molar-refractivity contribution in [2.75, 3.05) is 26.2 Å². The van der Waals surface area contributed by atoms with E-state index >= 15 is 0 Å². The predicted octanol–water partition coefficient (Wildman–Crippen LogP) is 4.86. The molecule has 0 bridgehead atoms. The molecule has 0 aliphatic carbocycles. The van der Waals surface area contributed by atoms with Gasteiger partial charge < -0.3 is 9.64 Å². The summed E-state index contributed by atoms with van der Waals surface area (Å²) in [5.41, 5.74) is 3.12. The Bertz CT molecular complexity index is 1040. The molecule has 0 spiro atoms. The van der Waals surface area contributed by atoms with Gasteiger partial charge in [0.2, 0.25) is 5.91 Å². The summed E-state index contributed by atoms with van der Waals surface area (Å²) in [4.78, 5) is 21.5. The lowest BCUT2D eigenvalue weighted by atomic mass is 10.1. The SMILES string of the molecule is O=C(CN1CCCCC1)N(Cc1ccncc1)Cc1cccc(OCCc2ccc(F)cc2)c1. The van der Waals surface area contributed by atoms with Gasteiger partial charge in [0.25, 0.3) is 0 Å². The molecule has 34 heavy (non-hydrogen) atoms. The number of carbonyl (C=O) groups excluding carboxylic acids is 1. The summed E-state index contributed by atoms with van der Waals surface area (Å²) in [6, 6.07) is 18.3. The number of amides is 1. The van der Waals surface area contributed by atoms with Crippen molar-refractivity contribution in [1.82, 2.24) is 14.8 Å². The molecule has 0 radical (unpaired) electrons. The fraction of sp³-hybridized carbons (Fsp3) is 0.357. The van der Waals surface area contributed by atoms with Gasteiger partial charge in [0.15, 0.2) is 0 Å². The van der Waals surface area contributed by atoms with Crippen LogP contribution < -0.4 is 4.74 Å². The zero-order chi connectivity index (χ0) is 23.6. The van der Waals surface area contributed by atoms with Crippen LogP contribution in [-0.4, -0.2) is 46.9 Å². The van der Waals surface area contributed by atoms with Crippen LogP contribution in [0.2, 0.25) is 0 Å². The van der Waals surface area contributed by atoms with Crippen molar-refractivity contribution in [1.29, 1.82) is 0 Å². The molecule has 0 unspecified atom stereocenters. The molecular weight excluding hydrogens is 429 g/mol. The molecule has 5 nitrogen and oxygen atoms in total. The van der Waals surface area contributed by atoms with Gasteiger partial charge in [-0.15, -0.1) is 0 Å². The molecule has 0 atom stereocenters. The number of hydrogen-bond donors (Lipinski definition) is 0. The fourth-order valence-corrected chi connectivity index (χ4v) is 4.24. The van der Waals surface area contributed by atoms with Crippen LogP contribution >= 0.6 is 0 Å². The van der Waals surface area contributed by atoms with E-state index in [2.05, 4.69) is 9.88 Å². The lowest BCUT2D eigenvalue weighted by molar-refractivity contribution is -0.134. The van der Waals surface area contributed by atoms with Gasteiger partial charge in [-0.25, -0.2) is 4.39 Å². The second-order valence-corrected chi connectivity index (χ2v) is 8.81. The third-order valence-corrected chi connectivity index (χ3v) is 6.13. The number of halogens is 1. The first-order valence-corrected chi connectivity index (χ1v) is 12.0. The Balaban J connectivity index is 1.39. The molecule has 1 aliphatic heterocycles. The molecule has 6 heteroatoms. The Kier molecular flexibility index (Phi) is 8.63. The number of ether oxygens (including phenoxy) is 1. The quantitative estimate of drug-likeness (QED) is 0.433. The third-order valence-electron chi connectivity index (χ3n) is 6.13. The number of likely N-dealkylation sites (tertiary alicyclic amines) is 1. The molecule has 2 aromatic carbocycles. The summed E-state index contributed by atoms with van der Waals surface area (Å²) >= 11 is 0. The monoisotopic (exact) mass is 461 g/mol. The molecular formula is C28H32FN3O2. The van der Waals surface area contributed by atoms with E-state index in [0.717, 1.165) is 48.4 Å². The van der Waals surface area contributed by atoms with Crippen LogP contribution in [0.25, 0.3) is 0 Å². The minimum atomic E-state index is -0.233. The fourth-order valence-electron chi connectivity index (χ4n) is 4.24. The number of aromatic nitrogens is 1. The Morgan fingerprint density at radius 3 is 2.41 bits per heavy atom. The molecule has 1 fully saturated rings. The Hall–Kier alpha value is -3.25. The summed E-state index contributed by atoms with van der Waals surface area (Å²) in [5, 5.41) is 0. The third kappa shape index (κ3) is 7.39. The average Bonchev–Trinajstić information content (AvgIpc) is 2.86. The molecule has 1 aliphatic rings. The van der Waals surface area contributed by atoms with Crippen molar-refractivity contribution in [2.45, 2.75) is 38.8 Å². The van der Waals surface area contributed by atoms with Gasteiger partial charge in [-0.05, 0) is 79.0 Å². The lowest BCUT2D eigenvalue weighted by Crippen LogP contribution is -2.41. The summed E-state index contributed by atoms with van der Waals surface area (Å²) in [6.07, 6.45) is 7.80. The number of carbonyl (C=O) groups is 1. The lowest BCUT2D eigenvalue weighted by Gasteiger charge is -2.30. The summed E-state index contributed by atoms with van der Waals surface area (Å²) in [6.45, 7) is 4.01. The van der Waals surface area contributed by atoms with Crippen LogP contribution in [0.15, 0.2) is 73.1 Å². The molecule has 3 aromatic rings. The van der Waals surface area contributed by atoms with Crippen LogP contribution in [0.3, 0.4) is 0 Å². The Morgan fingerprint density at radius 2 is 1.65 bits per heavy atom. The molecule has 0 N–H and O–H groups in total. The van der Waals surface area contributed by atoms with Crippen molar-refractivity contribution in [3.8, 4) is 5.75 Å². The highest BCUT2D eigenvalue weighted by atomic mass is 19.1. The van der Waals surface area contributed by atoms with E-state index in [4.69, 9.17) is 4.74 Å². The van der Waals surface area contributed by atoms with E-state index in [1.54, 1.807) is 24.5 Å². The maximum atomic E-state index is 13.3. The number of rotatable bonds is 10. The van der Waals surface area contributed by atoms with Gasteiger partial charge in [0, 0.05) is 31.9 Å². The highest BCUT2D eigenvalue weighted by Crippen LogP contribution is 2.18. The molecule has 1 amide bonds. The maximum Gasteiger partial charge on any atom is 0.237 e. The van der Waals surface area contributed by atoms with E-state index in [9.17, 15) is 9.18 Å². The van der Waals surface area contributed by atoms with Gasteiger partial charge in [-0.1, -0.05) is 30.7 Å². The van der Waals surface area contributed by atoms with E-state index in [0.29, 0.717) is 32.7 Å². The zero-order valence-corrected chi connectivity index (χ0v) is 19.5. The molecule has 4 rings (SSSR count). The minimum absolute atomic E-state index is 0.140. The summed E-state index contributed by atoms with van der Waals surface area (Å²) < 4.78 is 19.0. The second-order valence-electron chi connectivity index (χ2n) is 8.81. The average molecular weight is 462 g/mol. The van der Waals surface area contributed by atoms with Gasteiger partial charge >= 0.3 is 0 Å². The topological polar surface area (TPSA) is 45.7 Å². The van der Waals surface area contributed by atoms with Crippen LogP contribution in [-0.2, 0) is 24.3 Å². The van der Waals surface area contributed by atoms with Crippen molar-refractivity contribution in [3.05, 3.63) is 95.6 Å². The number of piperidine rings is 1. The van der Waals surface area contributed by atoms with Crippen LogP contribution in [0.5, 0.6) is 5.75 Å². The zero-order valence-electron chi connectivity index (χ0n) is 19.5. The van der Waals surface area contributed by atoms with E-state index in [1.807, 2.05) is 41.3 Å². The van der Waals surface area contributed by atoms with Crippen molar-refractivity contribution < 1.29 is 13.9 Å². The van der Waals surface area contributed by atoms with Crippen molar-refractivity contribution in [3.63, 3.8) is 0 Å². The highest BCUT2D eigenvalue weighted by molar-refractivity contribution is 5.78. The predicted molar refractivity (Wildman–Crippen MR) is 131 cm³/mol. The largest absolute Gasteiger partial charge is 0.493 e. The first-order valence-electron chi connectivity index (χ1n) is 12.0. The van der Waals surface area contributed by atoms with E-state index < -0.39 is 0 Å². The van der Waals surface area contributed by atoms with E-state index in [1.165, 1.54) is 18.6 Å². The number of benzene rings is 2. The molecule has 0 saturated carbocycles. The normalized spacial score (nSPS) is 14.0. The van der Waals surface area contributed by atoms with Crippen molar-refractivity contribution >= 4 is 5.91 Å². The Labute approximate surface area is 201 Å². The number of pyridine rings is 1. The summed E-state index contributed by atoms with van der Waals surface area (Å²) in [5.74, 6) is 0.678. The van der Waals surface area contributed by atoms with Crippen LogP contribution in [0.1, 0.15) is 36.0 Å². The molecule has 178 valence electrons. The second kappa shape index (κ2) is 12.3. The van der Waals surface area contributed by atoms with Crippen LogP contribution in [0, 0.1) is 5.82 Å². The number of hydrogen-bond acceptors (Lipinski definition) is 4. The summed E-state index contributed by atoms with van der Waals surface area (Å²) in [7, 11) is 0. The van der Waals surface area contributed by atoms with Gasteiger partial charge in [-0.2, -0.15) is 0 Å². The van der Waals surface area contributed by atoms with Gasteiger partial charge in [-0.3, -0.25) is 14.7 Å². The Morgan fingerprint density at radius 1 is 0.912 bits per heavy atom. The van der Waals surface area contributed by atoms with Crippen LogP contribution in [0.4, 0.5) is 4.39 Å². The van der Waals surface area contributed by atoms with Gasteiger partial charge in [0.1, 0.15) is 11.6 Å². The highest BCUT2D eigenvalue weighted by Gasteiger charge is 2.20.